The number of fused-ring (bicyclic) bond motifs is 2. The van der Waals surface area contributed by atoms with Gasteiger partial charge in [0.15, 0.2) is 0 Å². The molecule has 0 bridgehead atoms. The molecule has 3 nitrogen and oxygen atoms in total. The standard InChI is InChI=1S/C12H16N2O/c1-9-6-10-8-15-12(11(10)14-7-9)2-4-13-5-3-12/h6-7,13H,2-5,8H2,1H3. The number of ether oxygens (including phenoxy) is 1. The predicted molar refractivity (Wildman–Crippen MR) is 57.5 cm³/mol. The zero-order chi connectivity index (χ0) is 10.3. The van der Waals surface area contributed by atoms with Gasteiger partial charge < -0.3 is 10.1 Å². The minimum Gasteiger partial charge on any atom is -0.364 e. The van der Waals surface area contributed by atoms with Crippen molar-refractivity contribution in [1.29, 1.82) is 0 Å². The van der Waals surface area contributed by atoms with E-state index in [0.717, 1.165) is 32.5 Å². The number of piperidine rings is 1. The highest BCUT2D eigenvalue weighted by atomic mass is 16.5. The first kappa shape index (κ1) is 9.31. The van der Waals surface area contributed by atoms with Crippen LogP contribution in [0.3, 0.4) is 0 Å². The lowest BCUT2D eigenvalue weighted by Gasteiger charge is -2.32. The highest BCUT2D eigenvalue weighted by molar-refractivity contribution is 5.32. The Bertz CT molecular complexity index is 383. The van der Waals surface area contributed by atoms with E-state index in [1.54, 1.807) is 0 Å². The molecule has 3 heteroatoms. The maximum atomic E-state index is 6.00. The fraction of sp³-hybridized carbons (Fsp3) is 0.583. The summed E-state index contributed by atoms with van der Waals surface area (Å²) in [6.45, 7) is 4.90. The minimum absolute atomic E-state index is 0.0751. The monoisotopic (exact) mass is 204 g/mol. The minimum atomic E-state index is -0.0751. The number of pyridine rings is 1. The van der Waals surface area contributed by atoms with E-state index in [9.17, 15) is 0 Å². The van der Waals surface area contributed by atoms with Gasteiger partial charge in [-0.3, -0.25) is 4.98 Å². The van der Waals surface area contributed by atoms with Crippen LogP contribution in [0.5, 0.6) is 0 Å². The maximum absolute atomic E-state index is 6.00. The quantitative estimate of drug-likeness (QED) is 0.695. The summed E-state index contributed by atoms with van der Waals surface area (Å²) in [7, 11) is 0. The summed E-state index contributed by atoms with van der Waals surface area (Å²) < 4.78 is 6.00. The lowest BCUT2D eigenvalue weighted by atomic mass is 9.88. The molecular formula is C12H16N2O. The first-order chi connectivity index (χ1) is 7.30. The molecule has 1 saturated heterocycles. The molecule has 80 valence electrons. The van der Waals surface area contributed by atoms with Crippen molar-refractivity contribution < 1.29 is 4.74 Å². The molecule has 0 amide bonds. The van der Waals surface area contributed by atoms with E-state index in [4.69, 9.17) is 4.74 Å². The van der Waals surface area contributed by atoms with Gasteiger partial charge in [-0.15, -0.1) is 0 Å². The SMILES string of the molecule is Cc1cnc2c(c1)COC21CCNCC1. The molecule has 1 spiro atoms. The van der Waals surface area contributed by atoms with E-state index in [-0.39, 0.29) is 5.60 Å². The third-order valence-corrected chi connectivity index (χ3v) is 3.45. The summed E-state index contributed by atoms with van der Waals surface area (Å²) in [6.07, 6.45) is 4.06. The van der Waals surface area contributed by atoms with Gasteiger partial charge in [0.25, 0.3) is 0 Å². The predicted octanol–water partition coefficient (Wildman–Crippen LogP) is 1.50. The van der Waals surface area contributed by atoms with Crippen LogP contribution in [-0.2, 0) is 16.9 Å². The van der Waals surface area contributed by atoms with Gasteiger partial charge >= 0.3 is 0 Å². The van der Waals surface area contributed by atoms with Crippen molar-refractivity contribution in [3.05, 3.63) is 29.1 Å². The summed E-state index contributed by atoms with van der Waals surface area (Å²) >= 11 is 0. The summed E-state index contributed by atoms with van der Waals surface area (Å²) in [5, 5.41) is 3.37. The molecule has 0 aromatic carbocycles. The molecule has 15 heavy (non-hydrogen) atoms. The van der Waals surface area contributed by atoms with Crippen molar-refractivity contribution in [3.8, 4) is 0 Å². The van der Waals surface area contributed by atoms with Crippen LogP contribution in [0.2, 0.25) is 0 Å². The molecule has 2 aliphatic rings. The number of hydrogen-bond acceptors (Lipinski definition) is 3. The van der Waals surface area contributed by atoms with Gasteiger partial charge in [0.2, 0.25) is 0 Å². The number of aryl methyl sites for hydroxylation is 1. The number of hydrogen-bond donors (Lipinski definition) is 1. The van der Waals surface area contributed by atoms with E-state index in [0.29, 0.717) is 0 Å². The van der Waals surface area contributed by atoms with E-state index in [2.05, 4.69) is 23.3 Å². The van der Waals surface area contributed by atoms with Gasteiger partial charge in [-0.2, -0.15) is 0 Å². The Morgan fingerprint density at radius 1 is 1.40 bits per heavy atom. The lowest BCUT2D eigenvalue weighted by molar-refractivity contribution is -0.0611. The van der Waals surface area contributed by atoms with Gasteiger partial charge in [-0.25, -0.2) is 0 Å². The molecule has 3 rings (SSSR count). The molecule has 0 atom stereocenters. The summed E-state index contributed by atoms with van der Waals surface area (Å²) in [6, 6.07) is 2.21. The second-order valence-corrected chi connectivity index (χ2v) is 4.55. The average molecular weight is 204 g/mol. The zero-order valence-electron chi connectivity index (χ0n) is 9.05. The first-order valence-electron chi connectivity index (χ1n) is 5.61. The molecule has 0 aliphatic carbocycles. The van der Waals surface area contributed by atoms with E-state index in [1.165, 1.54) is 16.8 Å². The lowest BCUT2D eigenvalue weighted by Crippen LogP contribution is -2.40. The summed E-state index contributed by atoms with van der Waals surface area (Å²) in [4.78, 5) is 4.58. The molecule has 1 aromatic rings. The normalized spacial score (nSPS) is 23.0. The van der Waals surface area contributed by atoms with Crippen molar-refractivity contribution in [2.75, 3.05) is 13.1 Å². The molecule has 2 aliphatic heterocycles. The van der Waals surface area contributed by atoms with Crippen molar-refractivity contribution in [3.63, 3.8) is 0 Å². The third-order valence-electron chi connectivity index (χ3n) is 3.45. The second-order valence-electron chi connectivity index (χ2n) is 4.55. The van der Waals surface area contributed by atoms with Gasteiger partial charge in [0.1, 0.15) is 5.60 Å². The van der Waals surface area contributed by atoms with E-state index >= 15 is 0 Å². The second kappa shape index (κ2) is 3.29. The van der Waals surface area contributed by atoms with Crippen molar-refractivity contribution >= 4 is 0 Å². The van der Waals surface area contributed by atoms with Crippen molar-refractivity contribution in [2.24, 2.45) is 0 Å². The van der Waals surface area contributed by atoms with Crippen LogP contribution >= 0.6 is 0 Å². The first-order valence-corrected chi connectivity index (χ1v) is 5.61. The number of nitrogens with zero attached hydrogens (tertiary/aromatic N) is 1. The van der Waals surface area contributed by atoms with Gasteiger partial charge in [0, 0.05) is 11.8 Å². The fourth-order valence-electron chi connectivity index (χ4n) is 2.65. The van der Waals surface area contributed by atoms with Crippen LogP contribution in [0.1, 0.15) is 29.7 Å². The highest BCUT2D eigenvalue weighted by Crippen LogP contribution is 2.41. The van der Waals surface area contributed by atoms with Crippen LogP contribution in [0, 0.1) is 6.92 Å². The molecular weight excluding hydrogens is 188 g/mol. The number of nitrogens with one attached hydrogen (secondary N) is 1. The third kappa shape index (κ3) is 1.38. The summed E-state index contributed by atoms with van der Waals surface area (Å²) in [5.74, 6) is 0. The van der Waals surface area contributed by atoms with E-state index in [1.807, 2.05) is 6.20 Å². The molecule has 1 fully saturated rings. The number of aromatic nitrogens is 1. The molecule has 1 N–H and O–H groups in total. The van der Waals surface area contributed by atoms with Crippen LogP contribution in [0.15, 0.2) is 12.3 Å². The Morgan fingerprint density at radius 3 is 3.00 bits per heavy atom. The molecule has 0 unspecified atom stereocenters. The number of rotatable bonds is 0. The van der Waals surface area contributed by atoms with Crippen LogP contribution in [0.25, 0.3) is 0 Å². The Balaban J connectivity index is 2.03. The Morgan fingerprint density at radius 2 is 2.20 bits per heavy atom. The van der Waals surface area contributed by atoms with Crippen LogP contribution in [0.4, 0.5) is 0 Å². The average Bonchev–Trinajstić information content (AvgIpc) is 2.58. The van der Waals surface area contributed by atoms with Crippen molar-refractivity contribution in [2.45, 2.75) is 32.0 Å². The van der Waals surface area contributed by atoms with Gasteiger partial charge in [0.05, 0.1) is 12.3 Å². The molecule has 3 heterocycles. The zero-order valence-corrected chi connectivity index (χ0v) is 9.05. The molecule has 1 aromatic heterocycles. The van der Waals surface area contributed by atoms with E-state index < -0.39 is 0 Å². The topological polar surface area (TPSA) is 34.1 Å². The molecule has 0 saturated carbocycles. The highest BCUT2D eigenvalue weighted by Gasteiger charge is 2.42. The summed E-state index contributed by atoms with van der Waals surface area (Å²) in [5.41, 5.74) is 3.63. The van der Waals surface area contributed by atoms with Gasteiger partial charge in [-0.1, -0.05) is 6.07 Å². The smallest absolute Gasteiger partial charge is 0.113 e. The Labute approximate surface area is 89.9 Å². The van der Waals surface area contributed by atoms with Crippen LogP contribution in [-0.4, -0.2) is 18.1 Å². The Hall–Kier alpha value is -0.930. The van der Waals surface area contributed by atoms with Crippen LogP contribution < -0.4 is 5.32 Å². The fourth-order valence-corrected chi connectivity index (χ4v) is 2.65. The maximum Gasteiger partial charge on any atom is 0.113 e. The van der Waals surface area contributed by atoms with Crippen molar-refractivity contribution in [1.82, 2.24) is 10.3 Å². The Kier molecular flexibility index (Phi) is 2.04. The molecule has 0 radical (unpaired) electrons. The van der Waals surface area contributed by atoms with Gasteiger partial charge in [-0.05, 0) is 38.4 Å². The largest absolute Gasteiger partial charge is 0.364 e.